The Morgan fingerprint density at radius 3 is 2.93 bits per heavy atom. The summed E-state index contributed by atoms with van der Waals surface area (Å²) in [6.07, 6.45) is 1.67. The van der Waals surface area contributed by atoms with Crippen LogP contribution in [0.3, 0.4) is 0 Å². The van der Waals surface area contributed by atoms with Crippen molar-refractivity contribution in [3.63, 3.8) is 0 Å². The van der Waals surface area contributed by atoms with Gasteiger partial charge in [-0.2, -0.15) is 5.10 Å². The lowest BCUT2D eigenvalue weighted by Gasteiger charge is -2.01. The third kappa shape index (κ3) is 1.44. The molecule has 0 radical (unpaired) electrons. The molecule has 1 N–H and O–H groups in total. The Morgan fingerprint density at radius 1 is 1.43 bits per heavy atom. The number of nitrogens with zero attached hydrogens (tertiary/aromatic N) is 3. The smallest absolute Gasteiger partial charge is 0.224 e. The number of aryl methyl sites for hydroxylation is 1. The molecule has 0 aliphatic carbocycles. The summed E-state index contributed by atoms with van der Waals surface area (Å²) in [6, 6.07) is 3.69. The number of rotatable bonds is 2. The highest BCUT2D eigenvalue weighted by molar-refractivity contribution is 5.60. The molecule has 2 aromatic rings. The van der Waals surface area contributed by atoms with E-state index in [0.29, 0.717) is 11.7 Å². The number of aromatic amines is 1. The molecule has 0 spiro atoms. The summed E-state index contributed by atoms with van der Waals surface area (Å²) in [7, 11) is 1.57. The van der Waals surface area contributed by atoms with Crippen LogP contribution >= 0.6 is 0 Å². The summed E-state index contributed by atoms with van der Waals surface area (Å²) in [5.74, 6) is 1.91. The zero-order chi connectivity index (χ0) is 9.97. The SMILES string of the molecule is COc1ncccc1-c1n[nH]c(C)n1. The van der Waals surface area contributed by atoms with Gasteiger partial charge in [-0.25, -0.2) is 9.97 Å². The van der Waals surface area contributed by atoms with Crippen molar-refractivity contribution in [1.82, 2.24) is 20.2 Å². The van der Waals surface area contributed by atoms with E-state index in [-0.39, 0.29) is 0 Å². The van der Waals surface area contributed by atoms with Crippen molar-refractivity contribution in [2.45, 2.75) is 6.92 Å². The molecule has 0 amide bonds. The average molecular weight is 190 g/mol. The zero-order valence-electron chi connectivity index (χ0n) is 7.98. The topological polar surface area (TPSA) is 63.7 Å². The van der Waals surface area contributed by atoms with Crippen molar-refractivity contribution in [2.24, 2.45) is 0 Å². The van der Waals surface area contributed by atoms with Crippen LogP contribution in [0.25, 0.3) is 11.4 Å². The lowest BCUT2D eigenvalue weighted by atomic mass is 10.2. The molecule has 2 rings (SSSR count). The van der Waals surface area contributed by atoms with Crippen LogP contribution in [0.1, 0.15) is 5.82 Å². The summed E-state index contributed by atoms with van der Waals surface area (Å²) in [6.45, 7) is 1.85. The fraction of sp³-hybridized carbons (Fsp3) is 0.222. The van der Waals surface area contributed by atoms with Gasteiger partial charge < -0.3 is 4.74 Å². The molecule has 5 nitrogen and oxygen atoms in total. The third-order valence-corrected chi connectivity index (χ3v) is 1.80. The maximum absolute atomic E-state index is 5.10. The predicted molar refractivity (Wildman–Crippen MR) is 50.9 cm³/mol. The molecule has 0 fully saturated rings. The second-order valence-electron chi connectivity index (χ2n) is 2.80. The van der Waals surface area contributed by atoms with Crippen LogP contribution in [0, 0.1) is 6.92 Å². The first kappa shape index (κ1) is 8.68. The van der Waals surface area contributed by atoms with E-state index in [4.69, 9.17) is 4.74 Å². The van der Waals surface area contributed by atoms with Gasteiger partial charge in [-0.3, -0.25) is 5.10 Å². The molecule has 0 atom stereocenters. The van der Waals surface area contributed by atoms with Gasteiger partial charge in [0.05, 0.1) is 12.7 Å². The van der Waals surface area contributed by atoms with E-state index in [2.05, 4.69) is 20.2 Å². The fourth-order valence-electron chi connectivity index (χ4n) is 1.19. The van der Waals surface area contributed by atoms with Crippen molar-refractivity contribution in [2.75, 3.05) is 7.11 Å². The molecule has 0 bridgehead atoms. The lowest BCUT2D eigenvalue weighted by molar-refractivity contribution is 0.399. The summed E-state index contributed by atoms with van der Waals surface area (Å²) in [4.78, 5) is 8.27. The number of pyridine rings is 1. The quantitative estimate of drug-likeness (QED) is 0.772. The van der Waals surface area contributed by atoms with Gasteiger partial charge in [0, 0.05) is 6.20 Å². The van der Waals surface area contributed by atoms with E-state index in [0.717, 1.165) is 11.4 Å². The van der Waals surface area contributed by atoms with Crippen LogP contribution in [0.15, 0.2) is 18.3 Å². The monoisotopic (exact) mass is 190 g/mol. The fourth-order valence-corrected chi connectivity index (χ4v) is 1.19. The molecule has 14 heavy (non-hydrogen) atoms. The Hall–Kier alpha value is -1.91. The molecule has 0 saturated heterocycles. The average Bonchev–Trinajstić information content (AvgIpc) is 2.65. The molecule has 2 aromatic heterocycles. The van der Waals surface area contributed by atoms with E-state index < -0.39 is 0 Å². The molecule has 0 unspecified atom stereocenters. The molecule has 0 aromatic carbocycles. The summed E-state index contributed by atoms with van der Waals surface area (Å²) in [5.41, 5.74) is 0.791. The van der Waals surface area contributed by atoms with Gasteiger partial charge in [0.15, 0.2) is 5.82 Å². The summed E-state index contributed by atoms with van der Waals surface area (Å²) >= 11 is 0. The molecule has 0 saturated carbocycles. The number of H-pyrrole nitrogens is 1. The van der Waals surface area contributed by atoms with Gasteiger partial charge >= 0.3 is 0 Å². The summed E-state index contributed by atoms with van der Waals surface area (Å²) in [5, 5.41) is 6.81. The number of hydrogen-bond donors (Lipinski definition) is 1. The van der Waals surface area contributed by atoms with E-state index in [1.165, 1.54) is 0 Å². The summed E-state index contributed by atoms with van der Waals surface area (Å²) < 4.78 is 5.10. The molecule has 72 valence electrons. The Labute approximate surface area is 81.2 Å². The van der Waals surface area contributed by atoms with E-state index in [9.17, 15) is 0 Å². The van der Waals surface area contributed by atoms with E-state index in [1.54, 1.807) is 13.3 Å². The van der Waals surface area contributed by atoms with Gasteiger partial charge in [0.25, 0.3) is 0 Å². The van der Waals surface area contributed by atoms with Crippen LogP contribution in [-0.4, -0.2) is 27.3 Å². The first-order chi connectivity index (χ1) is 6.81. The molecule has 2 heterocycles. The van der Waals surface area contributed by atoms with Gasteiger partial charge in [-0.1, -0.05) is 0 Å². The van der Waals surface area contributed by atoms with Crippen molar-refractivity contribution in [3.05, 3.63) is 24.2 Å². The Balaban J connectivity index is 2.50. The van der Waals surface area contributed by atoms with Crippen molar-refractivity contribution in [3.8, 4) is 17.3 Å². The highest BCUT2D eigenvalue weighted by atomic mass is 16.5. The molecule has 0 aliphatic rings. The Morgan fingerprint density at radius 2 is 2.29 bits per heavy atom. The first-order valence-electron chi connectivity index (χ1n) is 4.19. The van der Waals surface area contributed by atoms with E-state index >= 15 is 0 Å². The second kappa shape index (κ2) is 3.45. The predicted octanol–water partition coefficient (Wildman–Crippen LogP) is 1.18. The number of nitrogens with one attached hydrogen (secondary N) is 1. The number of aromatic nitrogens is 4. The minimum Gasteiger partial charge on any atom is -0.480 e. The zero-order valence-corrected chi connectivity index (χ0v) is 7.98. The highest BCUT2D eigenvalue weighted by Gasteiger charge is 2.09. The van der Waals surface area contributed by atoms with Crippen molar-refractivity contribution in [1.29, 1.82) is 0 Å². The normalized spacial score (nSPS) is 10.1. The third-order valence-electron chi connectivity index (χ3n) is 1.80. The standard InChI is InChI=1S/C9H10N4O/c1-6-11-8(13-12-6)7-4-3-5-10-9(7)14-2/h3-5H,1-2H3,(H,11,12,13). The highest BCUT2D eigenvalue weighted by Crippen LogP contribution is 2.23. The van der Waals surface area contributed by atoms with Crippen LogP contribution < -0.4 is 4.74 Å². The van der Waals surface area contributed by atoms with Crippen molar-refractivity contribution >= 4 is 0 Å². The van der Waals surface area contributed by atoms with Crippen LogP contribution in [-0.2, 0) is 0 Å². The number of methoxy groups -OCH3 is 1. The Bertz CT molecular complexity index is 438. The molecule has 0 aliphatic heterocycles. The first-order valence-corrected chi connectivity index (χ1v) is 4.19. The van der Waals surface area contributed by atoms with Gasteiger partial charge in [-0.15, -0.1) is 0 Å². The Kier molecular flexibility index (Phi) is 2.14. The van der Waals surface area contributed by atoms with Gasteiger partial charge in [-0.05, 0) is 19.1 Å². The van der Waals surface area contributed by atoms with Gasteiger partial charge in [0.2, 0.25) is 5.88 Å². The minimum absolute atomic E-state index is 0.534. The largest absolute Gasteiger partial charge is 0.480 e. The van der Waals surface area contributed by atoms with Gasteiger partial charge in [0.1, 0.15) is 5.82 Å². The minimum atomic E-state index is 0.534. The molecular formula is C9H10N4O. The van der Waals surface area contributed by atoms with Crippen LogP contribution in [0.5, 0.6) is 5.88 Å². The maximum atomic E-state index is 5.10. The van der Waals surface area contributed by atoms with Crippen LogP contribution in [0.2, 0.25) is 0 Å². The van der Waals surface area contributed by atoms with Crippen molar-refractivity contribution < 1.29 is 4.74 Å². The second-order valence-corrected chi connectivity index (χ2v) is 2.80. The number of ether oxygens (including phenoxy) is 1. The van der Waals surface area contributed by atoms with Crippen LogP contribution in [0.4, 0.5) is 0 Å². The maximum Gasteiger partial charge on any atom is 0.224 e. The molecular weight excluding hydrogens is 180 g/mol. The lowest BCUT2D eigenvalue weighted by Crippen LogP contribution is -1.91. The number of hydrogen-bond acceptors (Lipinski definition) is 4. The van der Waals surface area contributed by atoms with E-state index in [1.807, 2.05) is 19.1 Å². The molecule has 5 heteroatoms.